The molecule has 1 N–H and O–H groups in total. The van der Waals surface area contributed by atoms with Gasteiger partial charge in [0, 0.05) is 10.6 Å². The molecule has 2 rings (SSSR count). The Labute approximate surface area is 128 Å². The molecule has 4 nitrogen and oxygen atoms in total. The molecule has 0 saturated heterocycles. The predicted octanol–water partition coefficient (Wildman–Crippen LogP) is 3.43. The average Bonchev–Trinajstić information content (AvgIpc) is 2.54. The van der Waals surface area contributed by atoms with E-state index in [1.807, 2.05) is 30.5 Å². The zero-order valence-electron chi connectivity index (χ0n) is 12.0. The van der Waals surface area contributed by atoms with Crippen LogP contribution in [0.15, 0.2) is 53.4 Å². The van der Waals surface area contributed by atoms with Gasteiger partial charge in [0.05, 0.1) is 7.11 Å². The maximum absolute atomic E-state index is 11.8. The lowest BCUT2D eigenvalue weighted by Gasteiger charge is -2.08. The third-order valence-electron chi connectivity index (χ3n) is 2.80. The lowest BCUT2D eigenvalue weighted by molar-refractivity contribution is -0.118. The second-order valence-electron chi connectivity index (χ2n) is 4.24. The molecular formula is C16H17NO3S. The van der Waals surface area contributed by atoms with Crippen molar-refractivity contribution in [2.75, 3.05) is 25.3 Å². The molecule has 0 aliphatic carbocycles. The van der Waals surface area contributed by atoms with Gasteiger partial charge in [0.25, 0.3) is 5.91 Å². The van der Waals surface area contributed by atoms with Crippen LogP contribution in [0.3, 0.4) is 0 Å². The van der Waals surface area contributed by atoms with Crippen molar-refractivity contribution in [3.05, 3.63) is 48.5 Å². The topological polar surface area (TPSA) is 47.6 Å². The van der Waals surface area contributed by atoms with Crippen LogP contribution >= 0.6 is 11.8 Å². The average molecular weight is 303 g/mol. The van der Waals surface area contributed by atoms with Crippen molar-refractivity contribution in [2.24, 2.45) is 0 Å². The van der Waals surface area contributed by atoms with E-state index in [-0.39, 0.29) is 12.5 Å². The maximum atomic E-state index is 11.8. The molecule has 0 radical (unpaired) electrons. The number of carbonyl (C=O) groups is 1. The molecule has 2 aromatic rings. The Morgan fingerprint density at radius 3 is 2.24 bits per heavy atom. The second-order valence-corrected chi connectivity index (χ2v) is 5.12. The van der Waals surface area contributed by atoms with Crippen molar-refractivity contribution in [2.45, 2.75) is 4.90 Å². The van der Waals surface area contributed by atoms with Crippen LogP contribution in [-0.4, -0.2) is 25.9 Å². The van der Waals surface area contributed by atoms with Crippen LogP contribution in [0.1, 0.15) is 0 Å². The van der Waals surface area contributed by atoms with Crippen molar-refractivity contribution in [3.63, 3.8) is 0 Å². The molecule has 0 heterocycles. The molecule has 0 unspecified atom stereocenters. The summed E-state index contributed by atoms with van der Waals surface area (Å²) in [5, 5.41) is 2.79. The number of carbonyl (C=O) groups excluding carboxylic acids is 1. The summed E-state index contributed by atoms with van der Waals surface area (Å²) in [6, 6.07) is 14.8. The highest BCUT2D eigenvalue weighted by Gasteiger charge is 2.04. The SMILES string of the molecule is COc1ccc(OCC(=O)Nc2ccc(SC)cc2)cc1. The summed E-state index contributed by atoms with van der Waals surface area (Å²) < 4.78 is 10.5. The van der Waals surface area contributed by atoms with Gasteiger partial charge < -0.3 is 14.8 Å². The van der Waals surface area contributed by atoms with Gasteiger partial charge in [-0.2, -0.15) is 0 Å². The van der Waals surface area contributed by atoms with Crippen LogP contribution in [0, 0.1) is 0 Å². The number of nitrogens with one attached hydrogen (secondary N) is 1. The minimum absolute atomic E-state index is 0.0311. The Bertz CT molecular complexity index is 581. The smallest absolute Gasteiger partial charge is 0.262 e. The third-order valence-corrected chi connectivity index (χ3v) is 3.55. The van der Waals surface area contributed by atoms with Gasteiger partial charge in [0.2, 0.25) is 0 Å². The molecule has 0 saturated carbocycles. The van der Waals surface area contributed by atoms with Crippen LogP contribution in [0.25, 0.3) is 0 Å². The van der Waals surface area contributed by atoms with Crippen LogP contribution in [0.4, 0.5) is 5.69 Å². The molecule has 0 fully saturated rings. The van der Waals surface area contributed by atoms with Crippen molar-refractivity contribution in [1.82, 2.24) is 0 Å². The zero-order valence-corrected chi connectivity index (χ0v) is 12.8. The van der Waals surface area contributed by atoms with Crippen LogP contribution in [0.2, 0.25) is 0 Å². The lowest BCUT2D eigenvalue weighted by Crippen LogP contribution is -2.20. The molecule has 0 aliphatic rings. The Balaban J connectivity index is 1.83. The first-order valence-electron chi connectivity index (χ1n) is 6.42. The van der Waals surface area contributed by atoms with Crippen molar-refractivity contribution >= 4 is 23.4 Å². The number of ether oxygens (including phenoxy) is 2. The van der Waals surface area contributed by atoms with E-state index < -0.39 is 0 Å². The van der Waals surface area contributed by atoms with Gasteiger partial charge >= 0.3 is 0 Å². The van der Waals surface area contributed by atoms with E-state index in [2.05, 4.69) is 5.32 Å². The quantitative estimate of drug-likeness (QED) is 0.831. The molecule has 21 heavy (non-hydrogen) atoms. The van der Waals surface area contributed by atoms with E-state index in [1.165, 1.54) is 0 Å². The van der Waals surface area contributed by atoms with Gasteiger partial charge in [-0.05, 0) is 54.8 Å². The molecular weight excluding hydrogens is 286 g/mol. The maximum Gasteiger partial charge on any atom is 0.262 e. The molecule has 110 valence electrons. The van der Waals surface area contributed by atoms with Crippen LogP contribution in [0.5, 0.6) is 11.5 Å². The minimum atomic E-state index is -0.192. The standard InChI is InChI=1S/C16H17NO3S/c1-19-13-5-7-14(8-6-13)20-11-16(18)17-12-3-9-15(21-2)10-4-12/h3-10H,11H2,1-2H3,(H,17,18). The summed E-state index contributed by atoms with van der Waals surface area (Å²) in [7, 11) is 1.60. The van der Waals surface area contributed by atoms with Gasteiger partial charge in [-0.25, -0.2) is 0 Å². The van der Waals surface area contributed by atoms with Crippen molar-refractivity contribution in [3.8, 4) is 11.5 Å². The Kier molecular flexibility index (Phi) is 5.51. The third kappa shape index (κ3) is 4.72. The molecule has 2 aromatic carbocycles. The number of methoxy groups -OCH3 is 1. The molecule has 0 atom stereocenters. The highest BCUT2D eigenvalue weighted by Crippen LogP contribution is 2.18. The predicted molar refractivity (Wildman–Crippen MR) is 85.3 cm³/mol. The van der Waals surface area contributed by atoms with E-state index in [1.54, 1.807) is 43.1 Å². The molecule has 5 heteroatoms. The number of benzene rings is 2. The number of hydrogen-bond acceptors (Lipinski definition) is 4. The molecule has 0 spiro atoms. The van der Waals surface area contributed by atoms with Gasteiger partial charge in [0.1, 0.15) is 11.5 Å². The number of rotatable bonds is 6. The second kappa shape index (κ2) is 7.59. The highest BCUT2D eigenvalue weighted by atomic mass is 32.2. The van der Waals surface area contributed by atoms with E-state index >= 15 is 0 Å². The number of hydrogen-bond donors (Lipinski definition) is 1. The van der Waals surface area contributed by atoms with E-state index in [0.29, 0.717) is 5.75 Å². The fourth-order valence-electron chi connectivity index (χ4n) is 1.69. The van der Waals surface area contributed by atoms with Crippen LogP contribution in [-0.2, 0) is 4.79 Å². The van der Waals surface area contributed by atoms with E-state index in [0.717, 1.165) is 16.3 Å². The lowest BCUT2D eigenvalue weighted by atomic mass is 10.3. The summed E-state index contributed by atoms with van der Waals surface area (Å²) in [6.07, 6.45) is 2.01. The monoisotopic (exact) mass is 303 g/mol. The summed E-state index contributed by atoms with van der Waals surface area (Å²) in [5.74, 6) is 1.19. The molecule has 0 aromatic heterocycles. The van der Waals surface area contributed by atoms with Crippen LogP contribution < -0.4 is 14.8 Å². The molecule has 1 amide bonds. The fraction of sp³-hybridized carbons (Fsp3) is 0.188. The van der Waals surface area contributed by atoms with E-state index in [4.69, 9.17) is 9.47 Å². The molecule has 0 aliphatic heterocycles. The van der Waals surface area contributed by atoms with Gasteiger partial charge in [0.15, 0.2) is 6.61 Å². The van der Waals surface area contributed by atoms with Gasteiger partial charge in [-0.15, -0.1) is 11.8 Å². The first-order chi connectivity index (χ1) is 10.2. The minimum Gasteiger partial charge on any atom is -0.497 e. The zero-order chi connectivity index (χ0) is 15.1. The summed E-state index contributed by atoms with van der Waals surface area (Å²) in [6.45, 7) is -0.0311. The van der Waals surface area contributed by atoms with Gasteiger partial charge in [-0.3, -0.25) is 4.79 Å². The van der Waals surface area contributed by atoms with E-state index in [9.17, 15) is 4.79 Å². The summed E-state index contributed by atoms with van der Waals surface area (Å²) in [5.41, 5.74) is 0.760. The highest BCUT2D eigenvalue weighted by molar-refractivity contribution is 7.98. The Morgan fingerprint density at radius 2 is 1.67 bits per heavy atom. The summed E-state index contributed by atoms with van der Waals surface area (Å²) in [4.78, 5) is 13.0. The normalized spacial score (nSPS) is 10.0. The number of anilines is 1. The fourth-order valence-corrected chi connectivity index (χ4v) is 2.10. The Morgan fingerprint density at radius 1 is 1.05 bits per heavy atom. The first kappa shape index (κ1) is 15.3. The first-order valence-corrected chi connectivity index (χ1v) is 7.64. The van der Waals surface area contributed by atoms with Crippen molar-refractivity contribution < 1.29 is 14.3 Å². The van der Waals surface area contributed by atoms with Gasteiger partial charge in [-0.1, -0.05) is 0 Å². The molecule has 0 bridgehead atoms. The summed E-state index contributed by atoms with van der Waals surface area (Å²) >= 11 is 1.66. The number of thioether (sulfide) groups is 1. The largest absolute Gasteiger partial charge is 0.497 e. The Hall–Kier alpha value is -2.14. The number of amides is 1. The van der Waals surface area contributed by atoms with Crippen molar-refractivity contribution in [1.29, 1.82) is 0 Å².